The molecular weight excluding hydrogens is 223 g/mol. The predicted octanol–water partition coefficient (Wildman–Crippen LogP) is 1.71. The number of hydrogen-bond acceptors (Lipinski definition) is 4. The molecule has 0 aliphatic rings. The average molecular weight is 234 g/mol. The fraction of sp³-hybridized carbons (Fsp3) is 0.167. The van der Waals surface area contributed by atoms with Crippen LogP contribution in [-0.2, 0) is 0 Å². The summed E-state index contributed by atoms with van der Waals surface area (Å²) in [6, 6.07) is 4.71. The molecule has 0 radical (unpaired) electrons. The number of aliphatic hydroxyl groups excluding tert-OH is 1. The number of halogens is 1. The Kier molecular flexibility index (Phi) is 3.30. The summed E-state index contributed by atoms with van der Waals surface area (Å²) in [4.78, 5) is 7.58. The highest BCUT2D eigenvalue weighted by atomic mass is 19.1. The molecule has 0 saturated carbocycles. The molecule has 2 rings (SSSR count). The van der Waals surface area contributed by atoms with E-state index in [9.17, 15) is 9.50 Å². The number of aliphatic hydroxyl groups is 1. The lowest BCUT2D eigenvalue weighted by Gasteiger charge is -2.14. The number of methoxy groups -OCH3 is 1. The fourth-order valence-corrected chi connectivity index (χ4v) is 1.56. The Morgan fingerprint density at radius 2 is 2.12 bits per heavy atom. The first kappa shape index (κ1) is 11.5. The van der Waals surface area contributed by atoms with Gasteiger partial charge in [0.25, 0.3) is 0 Å². The van der Waals surface area contributed by atoms with Crippen LogP contribution in [0.25, 0.3) is 0 Å². The molecule has 2 heterocycles. The van der Waals surface area contributed by atoms with Gasteiger partial charge in [0, 0.05) is 23.5 Å². The zero-order chi connectivity index (χ0) is 12.3. The molecule has 1 atom stereocenters. The van der Waals surface area contributed by atoms with Gasteiger partial charge in [0.1, 0.15) is 11.9 Å². The van der Waals surface area contributed by atoms with E-state index in [0.29, 0.717) is 5.56 Å². The van der Waals surface area contributed by atoms with Gasteiger partial charge in [-0.3, -0.25) is 4.98 Å². The van der Waals surface area contributed by atoms with Crippen molar-refractivity contribution in [3.63, 3.8) is 0 Å². The van der Waals surface area contributed by atoms with E-state index in [0.717, 1.165) is 6.20 Å². The van der Waals surface area contributed by atoms with Crippen molar-refractivity contribution >= 4 is 0 Å². The number of nitrogens with zero attached hydrogens (tertiary/aromatic N) is 2. The highest BCUT2D eigenvalue weighted by Crippen LogP contribution is 2.28. The third kappa shape index (κ3) is 2.24. The highest BCUT2D eigenvalue weighted by Gasteiger charge is 2.19. The Morgan fingerprint density at radius 1 is 1.29 bits per heavy atom. The normalized spacial score (nSPS) is 12.2. The number of pyridine rings is 2. The number of rotatable bonds is 3. The van der Waals surface area contributed by atoms with Gasteiger partial charge in [-0.05, 0) is 18.2 Å². The molecule has 1 unspecified atom stereocenters. The molecule has 17 heavy (non-hydrogen) atoms. The zero-order valence-electron chi connectivity index (χ0n) is 9.17. The van der Waals surface area contributed by atoms with E-state index >= 15 is 0 Å². The van der Waals surface area contributed by atoms with Crippen LogP contribution < -0.4 is 4.74 Å². The van der Waals surface area contributed by atoms with Gasteiger partial charge < -0.3 is 9.84 Å². The van der Waals surface area contributed by atoms with Gasteiger partial charge in [0.15, 0.2) is 0 Å². The van der Waals surface area contributed by atoms with Crippen molar-refractivity contribution in [2.75, 3.05) is 7.11 Å². The maximum absolute atomic E-state index is 13.5. The van der Waals surface area contributed by atoms with Crippen LogP contribution in [0.15, 0.2) is 36.8 Å². The lowest BCUT2D eigenvalue weighted by molar-refractivity contribution is 0.208. The van der Waals surface area contributed by atoms with Gasteiger partial charge in [-0.2, -0.15) is 0 Å². The molecule has 0 aromatic carbocycles. The lowest BCUT2D eigenvalue weighted by atomic mass is 10.0. The van der Waals surface area contributed by atoms with Gasteiger partial charge >= 0.3 is 0 Å². The van der Waals surface area contributed by atoms with Gasteiger partial charge in [0.05, 0.1) is 13.3 Å². The minimum absolute atomic E-state index is 0.145. The Morgan fingerprint density at radius 3 is 2.82 bits per heavy atom. The summed E-state index contributed by atoms with van der Waals surface area (Å²) in [7, 11) is 1.45. The second kappa shape index (κ2) is 4.88. The molecule has 0 amide bonds. The Balaban J connectivity index is 2.44. The first-order valence-corrected chi connectivity index (χ1v) is 5.00. The van der Waals surface area contributed by atoms with E-state index in [1.165, 1.54) is 25.6 Å². The number of ether oxygens (including phenoxy) is 1. The molecular formula is C12H11FN2O2. The van der Waals surface area contributed by atoms with E-state index in [-0.39, 0.29) is 11.4 Å². The maximum Gasteiger partial charge on any atom is 0.219 e. The molecule has 2 aromatic heterocycles. The van der Waals surface area contributed by atoms with Crippen molar-refractivity contribution in [2.45, 2.75) is 6.10 Å². The average Bonchev–Trinajstić information content (AvgIpc) is 2.38. The molecule has 4 nitrogen and oxygen atoms in total. The van der Waals surface area contributed by atoms with Crippen molar-refractivity contribution in [3.05, 3.63) is 53.7 Å². The molecule has 88 valence electrons. The van der Waals surface area contributed by atoms with Crippen molar-refractivity contribution < 1.29 is 14.2 Å². The van der Waals surface area contributed by atoms with Crippen LogP contribution in [0.4, 0.5) is 4.39 Å². The van der Waals surface area contributed by atoms with Crippen LogP contribution in [0, 0.1) is 5.82 Å². The molecule has 0 fully saturated rings. The molecule has 1 N–H and O–H groups in total. The van der Waals surface area contributed by atoms with Crippen molar-refractivity contribution in [1.82, 2.24) is 9.97 Å². The fourth-order valence-electron chi connectivity index (χ4n) is 1.56. The number of hydrogen-bond donors (Lipinski definition) is 1. The van der Waals surface area contributed by atoms with Gasteiger partial charge in [0.2, 0.25) is 5.88 Å². The summed E-state index contributed by atoms with van der Waals surface area (Å²) in [5.74, 6) is -0.290. The quantitative estimate of drug-likeness (QED) is 0.878. The second-order valence-corrected chi connectivity index (χ2v) is 3.40. The summed E-state index contributed by atoms with van der Waals surface area (Å²) >= 11 is 0. The molecule has 0 bridgehead atoms. The van der Waals surface area contributed by atoms with Gasteiger partial charge in [-0.15, -0.1) is 0 Å². The Labute approximate surface area is 97.7 Å². The van der Waals surface area contributed by atoms with Gasteiger partial charge in [-0.1, -0.05) is 0 Å². The maximum atomic E-state index is 13.5. The standard InChI is InChI=1S/C12H11FN2O2/c1-17-12-9(3-2-5-15-12)11(16)8-4-6-14-7-10(8)13/h2-7,11,16H,1H3. The first-order chi connectivity index (χ1) is 8.24. The monoisotopic (exact) mass is 234 g/mol. The van der Waals surface area contributed by atoms with Crippen molar-refractivity contribution in [3.8, 4) is 5.88 Å². The van der Waals surface area contributed by atoms with Crippen LogP contribution in [-0.4, -0.2) is 22.2 Å². The summed E-state index contributed by atoms with van der Waals surface area (Å²) in [5, 5.41) is 10.1. The number of aromatic nitrogens is 2. The SMILES string of the molecule is COc1ncccc1C(O)c1ccncc1F. The lowest BCUT2D eigenvalue weighted by Crippen LogP contribution is -2.05. The minimum Gasteiger partial charge on any atom is -0.481 e. The van der Waals surface area contributed by atoms with Crippen LogP contribution in [0.5, 0.6) is 5.88 Å². The molecule has 0 spiro atoms. The van der Waals surface area contributed by atoms with E-state index in [1.54, 1.807) is 12.1 Å². The summed E-state index contributed by atoms with van der Waals surface area (Å²) in [6.07, 6.45) is 2.89. The predicted molar refractivity (Wildman–Crippen MR) is 59.0 cm³/mol. The third-order valence-electron chi connectivity index (χ3n) is 2.39. The second-order valence-electron chi connectivity index (χ2n) is 3.40. The molecule has 0 aliphatic carbocycles. The molecule has 5 heteroatoms. The highest BCUT2D eigenvalue weighted by molar-refractivity contribution is 5.35. The molecule has 0 saturated heterocycles. The van der Waals surface area contributed by atoms with E-state index < -0.39 is 11.9 Å². The van der Waals surface area contributed by atoms with E-state index in [2.05, 4.69) is 9.97 Å². The zero-order valence-corrected chi connectivity index (χ0v) is 9.17. The van der Waals surface area contributed by atoms with E-state index in [4.69, 9.17) is 4.74 Å². The van der Waals surface area contributed by atoms with Crippen LogP contribution in [0.3, 0.4) is 0 Å². The smallest absolute Gasteiger partial charge is 0.219 e. The van der Waals surface area contributed by atoms with Crippen LogP contribution in [0.1, 0.15) is 17.2 Å². The summed E-state index contributed by atoms with van der Waals surface area (Å²) in [6.45, 7) is 0. The van der Waals surface area contributed by atoms with Crippen molar-refractivity contribution in [1.29, 1.82) is 0 Å². The van der Waals surface area contributed by atoms with Crippen LogP contribution >= 0.6 is 0 Å². The van der Waals surface area contributed by atoms with Crippen LogP contribution in [0.2, 0.25) is 0 Å². The summed E-state index contributed by atoms with van der Waals surface area (Å²) < 4.78 is 18.5. The Hall–Kier alpha value is -2.01. The topological polar surface area (TPSA) is 55.2 Å². The summed E-state index contributed by atoms with van der Waals surface area (Å²) in [5.41, 5.74) is 0.561. The van der Waals surface area contributed by atoms with E-state index in [1.807, 2.05) is 0 Å². The minimum atomic E-state index is -1.12. The third-order valence-corrected chi connectivity index (χ3v) is 2.39. The van der Waals surface area contributed by atoms with Gasteiger partial charge in [-0.25, -0.2) is 9.37 Å². The largest absolute Gasteiger partial charge is 0.481 e. The Bertz CT molecular complexity index is 519. The van der Waals surface area contributed by atoms with Crippen molar-refractivity contribution in [2.24, 2.45) is 0 Å². The first-order valence-electron chi connectivity index (χ1n) is 5.00. The molecule has 0 aliphatic heterocycles. The molecule has 2 aromatic rings.